The SMILES string of the molecule is Cc1nc(C#N)c(N2CCN(C(=O)CSc3nnc(C)n3-c3ccccc3)CC2)o1. The van der Waals surface area contributed by atoms with Gasteiger partial charge in [0.15, 0.2) is 11.0 Å². The molecule has 30 heavy (non-hydrogen) atoms. The fraction of sp³-hybridized carbons (Fsp3) is 0.350. The maximum Gasteiger partial charge on any atom is 0.234 e. The number of nitriles is 1. The molecule has 0 saturated carbocycles. The van der Waals surface area contributed by atoms with Crippen molar-refractivity contribution in [2.45, 2.75) is 19.0 Å². The Hall–Kier alpha value is -3.32. The molecule has 0 radical (unpaired) electrons. The molecule has 0 aliphatic carbocycles. The monoisotopic (exact) mass is 423 g/mol. The van der Waals surface area contributed by atoms with Crippen molar-refractivity contribution in [3.63, 3.8) is 0 Å². The van der Waals surface area contributed by atoms with E-state index in [1.54, 1.807) is 6.92 Å². The van der Waals surface area contributed by atoms with Gasteiger partial charge in [-0.15, -0.1) is 10.2 Å². The number of oxazole rings is 1. The molecule has 1 aliphatic heterocycles. The maximum absolute atomic E-state index is 12.7. The molecule has 0 bridgehead atoms. The standard InChI is InChI=1S/C20H21N7O2S/c1-14-23-24-20(27(14)16-6-4-3-5-7-16)30-13-18(28)25-8-10-26(11-9-25)19-17(12-21)22-15(2)29-19/h3-7H,8-11,13H2,1-2H3. The molecule has 1 saturated heterocycles. The summed E-state index contributed by atoms with van der Waals surface area (Å²) in [6.45, 7) is 5.93. The first kappa shape index (κ1) is 20.0. The van der Waals surface area contributed by atoms with Crippen molar-refractivity contribution in [2.75, 3.05) is 36.8 Å². The van der Waals surface area contributed by atoms with E-state index in [4.69, 9.17) is 4.42 Å². The third kappa shape index (κ3) is 4.02. The van der Waals surface area contributed by atoms with E-state index in [0.717, 1.165) is 11.5 Å². The highest BCUT2D eigenvalue weighted by Gasteiger charge is 2.26. The minimum Gasteiger partial charge on any atom is -0.424 e. The molecule has 0 spiro atoms. The second kappa shape index (κ2) is 8.59. The van der Waals surface area contributed by atoms with Gasteiger partial charge in [-0.25, -0.2) is 4.98 Å². The first-order valence-electron chi connectivity index (χ1n) is 9.57. The number of aryl methyl sites for hydroxylation is 2. The van der Waals surface area contributed by atoms with E-state index in [9.17, 15) is 10.1 Å². The van der Waals surface area contributed by atoms with Crippen LogP contribution in [0.15, 0.2) is 39.9 Å². The summed E-state index contributed by atoms with van der Waals surface area (Å²) in [5, 5.41) is 18.3. The minimum atomic E-state index is 0.0502. The number of carbonyl (C=O) groups is 1. The van der Waals surface area contributed by atoms with Crippen LogP contribution in [0.2, 0.25) is 0 Å². The second-order valence-corrected chi connectivity index (χ2v) is 7.80. The topological polar surface area (TPSA) is 104 Å². The van der Waals surface area contributed by atoms with E-state index in [1.165, 1.54) is 11.8 Å². The number of benzene rings is 1. The van der Waals surface area contributed by atoms with E-state index in [-0.39, 0.29) is 11.7 Å². The summed E-state index contributed by atoms with van der Waals surface area (Å²) in [6.07, 6.45) is 0. The van der Waals surface area contributed by atoms with Gasteiger partial charge < -0.3 is 14.2 Å². The zero-order chi connectivity index (χ0) is 21.1. The lowest BCUT2D eigenvalue weighted by Crippen LogP contribution is -2.49. The van der Waals surface area contributed by atoms with Gasteiger partial charge in [-0.1, -0.05) is 30.0 Å². The number of piperazine rings is 1. The van der Waals surface area contributed by atoms with E-state index >= 15 is 0 Å². The van der Waals surface area contributed by atoms with Crippen LogP contribution in [0.5, 0.6) is 0 Å². The Morgan fingerprint density at radius 1 is 1.17 bits per heavy atom. The Kier molecular flexibility index (Phi) is 5.72. The highest BCUT2D eigenvalue weighted by Crippen LogP contribution is 2.24. The number of hydrogen-bond donors (Lipinski definition) is 0. The first-order chi connectivity index (χ1) is 14.6. The van der Waals surface area contributed by atoms with Crippen LogP contribution in [-0.2, 0) is 4.79 Å². The molecular formula is C20H21N7O2S. The Bertz CT molecular complexity index is 1080. The molecule has 3 aromatic rings. The van der Waals surface area contributed by atoms with Crippen molar-refractivity contribution < 1.29 is 9.21 Å². The largest absolute Gasteiger partial charge is 0.424 e. The van der Waals surface area contributed by atoms with E-state index in [1.807, 2.05) is 51.6 Å². The van der Waals surface area contributed by atoms with Crippen molar-refractivity contribution in [1.82, 2.24) is 24.6 Å². The van der Waals surface area contributed by atoms with E-state index in [0.29, 0.717) is 48.8 Å². The van der Waals surface area contributed by atoms with Crippen molar-refractivity contribution >= 4 is 23.6 Å². The Morgan fingerprint density at radius 2 is 1.90 bits per heavy atom. The fourth-order valence-electron chi connectivity index (χ4n) is 3.39. The highest BCUT2D eigenvalue weighted by atomic mass is 32.2. The van der Waals surface area contributed by atoms with Gasteiger partial charge in [0.25, 0.3) is 0 Å². The average Bonchev–Trinajstić information content (AvgIpc) is 3.34. The predicted molar refractivity (Wildman–Crippen MR) is 112 cm³/mol. The molecule has 1 aliphatic rings. The number of para-hydroxylation sites is 1. The number of aromatic nitrogens is 4. The number of nitrogens with zero attached hydrogens (tertiary/aromatic N) is 7. The van der Waals surface area contributed by atoms with Crippen LogP contribution in [0.3, 0.4) is 0 Å². The van der Waals surface area contributed by atoms with Gasteiger partial charge >= 0.3 is 0 Å². The van der Waals surface area contributed by atoms with Gasteiger partial charge in [0.05, 0.1) is 5.75 Å². The van der Waals surface area contributed by atoms with Crippen LogP contribution >= 0.6 is 11.8 Å². The van der Waals surface area contributed by atoms with Crippen LogP contribution in [0, 0.1) is 25.2 Å². The number of amides is 1. The molecule has 2 aromatic heterocycles. The fourth-order valence-corrected chi connectivity index (χ4v) is 4.29. The number of carbonyl (C=O) groups excluding carboxylic acids is 1. The van der Waals surface area contributed by atoms with Crippen molar-refractivity contribution in [3.8, 4) is 11.8 Å². The van der Waals surface area contributed by atoms with Crippen LogP contribution in [0.1, 0.15) is 17.4 Å². The molecule has 0 atom stereocenters. The molecule has 4 rings (SSSR count). The summed E-state index contributed by atoms with van der Waals surface area (Å²) in [6, 6.07) is 11.9. The van der Waals surface area contributed by atoms with Crippen LogP contribution < -0.4 is 4.90 Å². The third-order valence-electron chi connectivity index (χ3n) is 4.88. The average molecular weight is 424 g/mol. The maximum atomic E-state index is 12.7. The first-order valence-corrected chi connectivity index (χ1v) is 10.6. The smallest absolute Gasteiger partial charge is 0.234 e. The lowest BCUT2D eigenvalue weighted by molar-refractivity contribution is -0.128. The normalized spacial score (nSPS) is 14.0. The summed E-state index contributed by atoms with van der Waals surface area (Å²) in [5.74, 6) is 2.07. The van der Waals surface area contributed by atoms with Crippen molar-refractivity contribution in [1.29, 1.82) is 5.26 Å². The third-order valence-corrected chi connectivity index (χ3v) is 5.79. The van der Waals surface area contributed by atoms with Crippen molar-refractivity contribution in [3.05, 3.63) is 47.7 Å². The summed E-state index contributed by atoms with van der Waals surface area (Å²) in [5.41, 5.74) is 1.26. The summed E-state index contributed by atoms with van der Waals surface area (Å²) in [4.78, 5) is 20.6. The number of hydrogen-bond acceptors (Lipinski definition) is 8. The Morgan fingerprint density at radius 3 is 2.60 bits per heavy atom. The predicted octanol–water partition coefficient (Wildman–Crippen LogP) is 2.18. The summed E-state index contributed by atoms with van der Waals surface area (Å²) < 4.78 is 7.52. The number of anilines is 1. The molecule has 154 valence electrons. The van der Waals surface area contributed by atoms with E-state index < -0.39 is 0 Å². The Labute approximate surface area is 178 Å². The molecular weight excluding hydrogens is 402 g/mol. The van der Waals surface area contributed by atoms with Gasteiger partial charge in [-0.3, -0.25) is 9.36 Å². The van der Waals surface area contributed by atoms with Crippen LogP contribution in [0.4, 0.5) is 5.88 Å². The van der Waals surface area contributed by atoms with Gasteiger partial charge in [-0.2, -0.15) is 5.26 Å². The minimum absolute atomic E-state index is 0.0502. The summed E-state index contributed by atoms with van der Waals surface area (Å²) in [7, 11) is 0. The van der Waals surface area contributed by atoms with Gasteiger partial charge in [0, 0.05) is 38.8 Å². The number of thioether (sulfide) groups is 1. The molecule has 0 N–H and O–H groups in total. The molecule has 1 fully saturated rings. The molecule has 1 amide bonds. The Balaban J connectivity index is 1.36. The van der Waals surface area contributed by atoms with Crippen LogP contribution in [-0.4, -0.2) is 62.5 Å². The van der Waals surface area contributed by atoms with Crippen LogP contribution in [0.25, 0.3) is 5.69 Å². The van der Waals surface area contributed by atoms with Gasteiger partial charge in [-0.05, 0) is 19.1 Å². The highest BCUT2D eigenvalue weighted by molar-refractivity contribution is 7.99. The molecule has 10 heteroatoms. The lowest BCUT2D eigenvalue weighted by Gasteiger charge is -2.34. The van der Waals surface area contributed by atoms with Gasteiger partial charge in [0.2, 0.25) is 17.5 Å². The number of rotatable bonds is 5. The van der Waals surface area contributed by atoms with E-state index in [2.05, 4.69) is 21.3 Å². The lowest BCUT2D eigenvalue weighted by atomic mass is 10.3. The van der Waals surface area contributed by atoms with Gasteiger partial charge in [0.1, 0.15) is 11.9 Å². The molecule has 3 heterocycles. The quantitative estimate of drug-likeness (QED) is 0.575. The zero-order valence-electron chi connectivity index (χ0n) is 16.8. The zero-order valence-corrected chi connectivity index (χ0v) is 17.6. The second-order valence-electron chi connectivity index (χ2n) is 6.86. The summed E-state index contributed by atoms with van der Waals surface area (Å²) >= 11 is 1.38. The van der Waals surface area contributed by atoms with Crippen molar-refractivity contribution in [2.24, 2.45) is 0 Å². The molecule has 9 nitrogen and oxygen atoms in total. The molecule has 1 aromatic carbocycles. The molecule has 0 unspecified atom stereocenters.